The van der Waals surface area contributed by atoms with Crippen LogP contribution in [-0.4, -0.2) is 26.1 Å². The molecule has 5 heteroatoms. The van der Waals surface area contributed by atoms with Crippen LogP contribution in [0.15, 0.2) is 11.8 Å². The molecule has 0 bridgehead atoms. The Bertz CT molecular complexity index is 633. The molecule has 0 amide bonds. The Morgan fingerprint density at radius 2 is 1.88 bits per heavy atom. The van der Waals surface area contributed by atoms with Gasteiger partial charge in [-0.2, -0.15) is 0 Å². The summed E-state index contributed by atoms with van der Waals surface area (Å²) >= 11 is 5.02. The van der Waals surface area contributed by atoms with E-state index in [9.17, 15) is 14.7 Å². The predicted molar refractivity (Wildman–Crippen MR) is 111 cm³/mol. The van der Waals surface area contributed by atoms with E-state index in [1.165, 1.54) is 18.0 Å². The second-order valence-corrected chi connectivity index (χ2v) is 11.7. The predicted octanol–water partition coefficient (Wildman–Crippen LogP) is 5.67. The van der Waals surface area contributed by atoms with Gasteiger partial charge in [-0.05, 0) is 67.3 Å². The highest BCUT2D eigenvalue weighted by atomic mass is 79.9. The van der Waals surface area contributed by atoms with Crippen molar-refractivity contribution in [2.45, 2.75) is 76.3 Å². The zero-order chi connectivity index (χ0) is 19.3. The normalized spacial score (nSPS) is 47.8. The van der Waals surface area contributed by atoms with Gasteiger partial charge in [0, 0.05) is 17.6 Å². The van der Waals surface area contributed by atoms with Gasteiger partial charge in [0.25, 0.3) is 0 Å². The second kappa shape index (κ2) is 7.27. The number of rotatable bonds is 2. The maximum Gasteiger partial charge on any atom is 0.186 e. The molecular formula is C21H31BrO3S. The van der Waals surface area contributed by atoms with E-state index in [2.05, 4.69) is 36.7 Å². The fraction of sp³-hybridized carbons (Fsp3) is 0.810. The van der Waals surface area contributed by atoms with E-state index in [1.807, 2.05) is 0 Å². The summed E-state index contributed by atoms with van der Waals surface area (Å²) in [5, 5.41) is 10.4. The molecule has 0 aromatic rings. The Kier molecular flexibility index (Phi) is 5.72. The van der Waals surface area contributed by atoms with Gasteiger partial charge in [0.1, 0.15) is 0 Å². The van der Waals surface area contributed by atoms with Crippen LogP contribution in [-0.2, 0) is 9.59 Å². The standard InChI is InChI=1S/C21H31BrO3S/c1-12-16(6-8-21(4)17(12)10-18(22)19(21)25)20(3)7-5-15(26-13(2)24)9-14(20)11-23/h11-12,15-18,23H,5-10H2,1-4H3/b14-11-/t12?,15-,16?,17?,18+,20-,21-/m0/s1. The van der Waals surface area contributed by atoms with Crippen molar-refractivity contribution in [3.8, 4) is 0 Å². The summed E-state index contributed by atoms with van der Waals surface area (Å²) in [6.45, 7) is 8.41. The van der Waals surface area contributed by atoms with Gasteiger partial charge >= 0.3 is 0 Å². The monoisotopic (exact) mass is 442 g/mol. The Labute approximate surface area is 169 Å². The number of Topliss-reactive ketones (excluding diaryl/α,β-unsaturated/α-hetero) is 1. The zero-order valence-electron chi connectivity index (χ0n) is 16.3. The first-order chi connectivity index (χ1) is 12.1. The number of alkyl halides is 1. The molecule has 146 valence electrons. The van der Waals surface area contributed by atoms with Crippen LogP contribution in [0.5, 0.6) is 0 Å². The molecule has 0 radical (unpaired) electrons. The molecular weight excluding hydrogens is 412 g/mol. The molecule has 0 saturated heterocycles. The van der Waals surface area contributed by atoms with Crippen LogP contribution >= 0.6 is 27.7 Å². The fourth-order valence-electron chi connectivity index (χ4n) is 6.29. The van der Waals surface area contributed by atoms with E-state index < -0.39 is 0 Å². The SMILES string of the molecule is CC(=O)S[C@H]1CC[C@](C)(C2CC[C@]3(C)C(=O)[C@H](Br)CC3C2C)/C(=C\O)C1. The van der Waals surface area contributed by atoms with Gasteiger partial charge in [-0.3, -0.25) is 9.59 Å². The highest BCUT2D eigenvalue weighted by molar-refractivity contribution is 9.10. The van der Waals surface area contributed by atoms with Crippen molar-refractivity contribution < 1.29 is 14.7 Å². The van der Waals surface area contributed by atoms with E-state index in [-0.39, 0.29) is 26.0 Å². The number of hydrogen-bond acceptors (Lipinski definition) is 4. The number of aliphatic hydroxyl groups is 1. The molecule has 1 N–H and O–H groups in total. The third-order valence-electron chi connectivity index (χ3n) is 7.84. The van der Waals surface area contributed by atoms with Gasteiger partial charge in [0.2, 0.25) is 0 Å². The van der Waals surface area contributed by atoms with Crippen LogP contribution in [0.1, 0.15) is 66.2 Å². The smallest absolute Gasteiger partial charge is 0.186 e. The molecule has 0 aromatic carbocycles. The molecule has 26 heavy (non-hydrogen) atoms. The van der Waals surface area contributed by atoms with E-state index in [4.69, 9.17) is 0 Å². The first-order valence-corrected chi connectivity index (χ1v) is 11.6. The average molecular weight is 443 g/mol. The number of hydrogen-bond donors (Lipinski definition) is 1. The molecule has 3 unspecified atom stereocenters. The average Bonchev–Trinajstić information content (AvgIpc) is 2.81. The van der Waals surface area contributed by atoms with Gasteiger partial charge < -0.3 is 5.11 Å². The fourth-order valence-corrected chi connectivity index (χ4v) is 8.19. The van der Waals surface area contributed by atoms with Gasteiger partial charge in [-0.25, -0.2) is 0 Å². The number of allylic oxidation sites excluding steroid dienone is 1. The minimum absolute atomic E-state index is 0.00191. The molecule has 3 nitrogen and oxygen atoms in total. The van der Waals surface area contributed by atoms with Crippen LogP contribution in [0.3, 0.4) is 0 Å². The van der Waals surface area contributed by atoms with Gasteiger partial charge in [-0.1, -0.05) is 48.5 Å². The number of ketones is 1. The van der Waals surface area contributed by atoms with Crippen LogP contribution in [0.25, 0.3) is 0 Å². The molecule has 3 aliphatic carbocycles. The third-order valence-corrected chi connectivity index (χ3v) is 9.70. The molecule has 7 atom stereocenters. The maximum atomic E-state index is 12.7. The van der Waals surface area contributed by atoms with E-state index in [1.54, 1.807) is 6.92 Å². The summed E-state index contributed by atoms with van der Waals surface area (Å²) in [5.74, 6) is 1.74. The molecule has 3 fully saturated rings. The Balaban J connectivity index is 1.82. The topological polar surface area (TPSA) is 54.4 Å². The largest absolute Gasteiger partial charge is 0.516 e. The van der Waals surface area contributed by atoms with Crippen molar-refractivity contribution in [3.63, 3.8) is 0 Å². The minimum Gasteiger partial charge on any atom is -0.516 e. The number of thioether (sulfide) groups is 1. The van der Waals surface area contributed by atoms with E-state index in [0.29, 0.717) is 23.5 Å². The van der Waals surface area contributed by atoms with Crippen molar-refractivity contribution >= 4 is 38.6 Å². The summed E-state index contributed by atoms with van der Waals surface area (Å²) in [6, 6.07) is 0. The highest BCUT2D eigenvalue weighted by Crippen LogP contribution is 2.62. The first kappa shape index (κ1) is 20.4. The van der Waals surface area contributed by atoms with Crippen LogP contribution < -0.4 is 0 Å². The highest BCUT2D eigenvalue weighted by Gasteiger charge is 2.58. The molecule has 0 heterocycles. The first-order valence-electron chi connectivity index (χ1n) is 9.83. The number of fused-ring (bicyclic) bond motifs is 1. The van der Waals surface area contributed by atoms with E-state index in [0.717, 1.165) is 44.1 Å². The Hall–Kier alpha value is -0.290. The lowest BCUT2D eigenvalue weighted by Gasteiger charge is -2.53. The summed E-state index contributed by atoms with van der Waals surface area (Å²) in [5.41, 5.74) is 0.879. The number of aliphatic hydroxyl groups excluding tert-OH is 1. The number of carbonyl (C=O) groups is 2. The molecule has 3 saturated carbocycles. The second-order valence-electron chi connectivity index (χ2n) is 9.14. The van der Waals surface area contributed by atoms with Crippen molar-refractivity contribution in [1.29, 1.82) is 0 Å². The lowest BCUT2D eigenvalue weighted by atomic mass is 9.51. The number of halogens is 1. The van der Waals surface area contributed by atoms with Crippen molar-refractivity contribution in [1.82, 2.24) is 0 Å². The molecule has 0 aliphatic heterocycles. The zero-order valence-corrected chi connectivity index (χ0v) is 18.7. The van der Waals surface area contributed by atoms with E-state index >= 15 is 0 Å². The van der Waals surface area contributed by atoms with Crippen molar-refractivity contribution in [2.75, 3.05) is 0 Å². The van der Waals surface area contributed by atoms with Crippen LogP contribution in [0, 0.1) is 28.6 Å². The number of carbonyl (C=O) groups excluding carboxylic acids is 2. The van der Waals surface area contributed by atoms with Gasteiger partial charge in [0.05, 0.1) is 11.1 Å². The van der Waals surface area contributed by atoms with Crippen molar-refractivity contribution in [3.05, 3.63) is 11.8 Å². The molecule has 0 aromatic heterocycles. The Morgan fingerprint density at radius 3 is 2.50 bits per heavy atom. The lowest BCUT2D eigenvalue weighted by molar-refractivity contribution is -0.130. The molecule has 3 rings (SSSR count). The molecule has 3 aliphatic rings. The summed E-state index contributed by atoms with van der Waals surface area (Å²) < 4.78 is 0. The minimum atomic E-state index is -0.189. The summed E-state index contributed by atoms with van der Waals surface area (Å²) in [4.78, 5) is 24.2. The van der Waals surface area contributed by atoms with Gasteiger partial charge in [-0.15, -0.1) is 0 Å². The summed E-state index contributed by atoms with van der Waals surface area (Å²) in [7, 11) is 0. The Morgan fingerprint density at radius 1 is 1.23 bits per heavy atom. The quantitative estimate of drug-likeness (QED) is 0.441. The maximum absolute atomic E-state index is 12.7. The van der Waals surface area contributed by atoms with Crippen LogP contribution in [0.4, 0.5) is 0 Å². The van der Waals surface area contributed by atoms with Crippen LogP contribution in [0.2, 0.25) is 0 Å². The lowest BCUT2D eigenvalue weighted by Crippen LogP contribution is -2.47. The summed E-state index contributed by atoms with van der Waals surface area (Å²) in [6.07, 6.45) is 7.07. The molecule has 0 spiro atoms. The van der Waals surface area contributed by atoms with Crippen molar-refractivity contribution in [2.24, 2.45) is 28.6 Å². The third kappa shape index (κ3) is 3.21. The van der Waals surface area contributed by atoms with Gasteiger partial charge in [0.15, 0.2) is 10.9 Å².